The predicted molar refractivity (Wildman–Crippen MR) is 75.0 cm³/mol. The SMILES string of the molecule is CCNC(C)c1cc(C)ccc1OC(C)C(C)O. The van der Waals surface area contributed by atoms with Crippen molar-refractivity contribution in [3.05, 3.63) is 29.3 Å². The second-order valence-corrected chi connectivity index (χ2v) is 4.88. The molecule has 102 valence electrons. The van der Waals surface area contributed by atoms with E-state index < -0.39 is 6.10 Å². The Labute approximate surface area is 110 Å². The van der Waals surface area contributed by atoms with E-state index in [9.17, 15) is 5.11 Å². The molecule has 0 fully saturated rings. The van der Waals surface area contributed by atoms with Gasteiger partial charge in [-0.05, 0) is 40.3 Å². The van der Waals surface area contributed by atoms with Crippen molar-refractivity contribution in [3.63, 3.8) is 0 Å². The summed E-state index contributed by atoms with van der Waals surface area (Å²) in [5, 5.41) is 12.9. The minimum absolute atomic E-state index is 0.208. The van der Waals surface area contributed by atoms with Crippen molar-refractivity contribution in [1.82, 2.24) is 5.32 Å². The first-order valence-corrected chi connectivity index (χ1v) is 6.64. The second-order valence-electron chi connectivity index (χ2n) is 4.88. The summed E-state index contributed by atoms with van der Waals surface area (Å²) in [6.45, 7) is 10.8. The van der Waals surface area contributed by atoms with Gasteiger partial charge in [0.25, 0.3) is 0 Å². The van der Waals surface area contributed by atoms with Crippen molar-refractivity contribution in [1.29, 1.82) is 0 Å². The van der Waals surface area contributed by atoms with Crippen LogP contribution < -0.4 is 10.1 Å². The summed E-state index contributed by atoms with van der Waals surface area (Å²) in [6.07, 6.45) is -0.686. The molecule has 2 N–H and O–H groups in total. The van der Waals surface area contributed by atoms with Gasteiger partial charge in [-0.25, -0.2) is 0 Å². The first-order chi connectivity index (χ1) is 8.45. The zero-order chi connectivity index (χ0) is 13.7. The Morgan fingerprint density at radius 1 is 1.28 bits per heavy atom. The van der Waals surface area contributed by atoms with E-state index in [1.807, 2.05) is 19.1 Å². The maximum atomic E-state index is 9.53. The van der Waals surface area contributed by atoms with Crippen molar-refractivity contribution >= 4 is 0 Å². The third kappa shape index (κ3) is 4.00. The smallest absolute Gasteiger partial charge is 0.124 e. The molecule has 0 bridgehead atoms. The Hall–Kier alpha value is -1.06. The molecule has 0 radical (unpaired) electrons. The Morgan fingerprint density at radius 2 is 1.94 bits per heavy atom. The van der Waals surface area contributed by atoms with Crippen LogP contribution in [0.2, 0.25) is 0 Å². The lowest BCUT2D eigenvalue weighted by Gasteiger charge is -2.23. The molecule has 3 nitrogen and oxygen atoms in total. The summed E-state index contributed by atoms with van der Waals surface area (Å²) in [6, 6.07) is 6.40. The third-order valence-electron chi connectivity index (χ3n) is 3.13. The number of hydrogen-bond acceptors (Lipinski definition) is 3. The lowest BCUT2D eigenvalue weighted by molar-refractivity contribution is 0.0595. The summed E-state index contributed by atoms with van der Waals surface area (Å²) in [5.41, 5.74) is 2.36. The van der Waals surface area contributed by atoms with Gasteiger partial charge >= 0.3 is 0 Å². The van der Waals surface area contributed by atoms with Crippen LogP contribution in [0.15, 0.2) is 18.2 Å². The molecule has 18 heavy (non-hydrogen) atoms. The van der Waals surface area contributed by atoms with Gasteiger partial charge in [0.2, 0.25) is 0 Å². The largest absolute Gasteiger partial charge is 0.488 e. The average molecular weight is 251 g/mol. The molecule has 0 amide bonds. The van der Waals surface area contributed by atoms with Gasteiger partial charge in [-0.15, -0.1) is 0 Å². The molecule has 1 aromatic carbocycles. The standard InChI is InChI=1S/C15H25NO2/c1-6-16-11(3)14-9-10(2)7-8-15(14)18-13(5)12(4)17/h7-9,11-13,16-17H,6H2,1-5H3. The van der Waals surface area contributed by atoms with Gasteiger partial charge in [0, 0.05) is 11.6 Å². The van der Waals surface area contributed by atoms with E-state index in [1.54, 1.807) is 6.92 Å². The molecule has 1 rings (SSSR count). The van der Waals surface area contributed by atoms with Crippen LogP contribution in [0.4, 0.5) is 0 Å². The molecule has 0 saturated heterocycles. The Bertz CT molecular complexity index is 377. The Balaban J connectivity index is 2.96. The molecule has 0 saturated carbocycles. The number of aryl methyl sites for hydroxylation is 1. The molecule has 0 aromatic heterocycles. The normalized spacial score (nSPS) is 16.1. The average Bonchev–Trinajstić information content (AvgIpc) is 2.31. The van der Waals surface area contributed by atoms with Crippen LogP contribution in [0.5, 0.6) is 5.75 Å². The van der Waals surface area contributed by atoms with Gasteiger partial charge in [0.05, 0.1) is 6.10 Å². The molecule has 0 aliphatic carbocycles. The molecule has 3 unspecified atom stereocenters. The zero-order valence-corrected chi connectivity index (χ0v) is 12.0. The number of benzene rings is 1. The second kappa shape index (κ2) is 6.76. The lowest BCUT2D eigenvalue weighted by atomic mass is 10.0. The van der Waals surface area contributed by atoms with Crippen LogP contribution in [0.25, 0.3) is 0 Å². The molecule has 0 aliphatic heterocycles. The number of rotatable bonds is 6. The fraction of sp³-hybridized carbons (Fsp3) is 0.600. The number of nitrogens with one attached hydrogen (secondary N) is 1. The highest BCUT2D eigenvalue weighted by molar-refractivity contribution is 5.39. The van der Waals surface area contributed by atoms with Crippen LogP contribution in [0.3, 0.4) is 0 Å². The number of ether oxygens (including phenoxy) is 1. The van der Waals surface area contributed by atoms with E-state index in [4.69, 9.17) is 4.74 Å². The van der Waals surface area contributed by atoms with E-state index in [0.29, 0.717) is 0 Å². The topological polar surface area (TPSA) is 41.5 Å². The molecule has 1 aromatic rings. The van der Waals surface area contributed by atoms with E-state index >= 15 is 0 Å². The minimum atomic E-state index is -0.478. The highest BCUT2D eigenvalue weighted by Crippen LogP contribution is 2.27. The monoisotopic (exact) mass is 251 g/mol. The maximum Gasteiger partial charge on any atom is 0.124 e. The highest BCUT2D eigenvalue weighted by Gasteiger charge is 2.16. The van der Waals surface area contributed by atoms with Gasteiger partial charge in [-0.3, -0.25) is 0 Å². The van der Waals surface area contributed by atoms with E-state index in [2.05, 4.69) is 32.2 Å². The van der Waals surface area contributed by atoms with Gasteiger partial charge in [-0.1, -0.05) is 24.6 Å². The molecular formula is C15H25NO2. The van der Waals surface area contributed by atoms with Crippen molar-refractivity contribution in [2.24, 2.45) is 0 Å². The Kier molecular flexibility index (Phi) is 5.63. The van der Waals surface area contributed by atoms with Crippen molar-refractivity contribution in [3.8, 4) is 5.75 Å². The number of aliphatic hydroxyl groups is 1. The molecule has 3 atom stereocenters. The Morgan fingerprint density at radius 3 is 2.50 bits per heavy atom. The third-order valence-corrected chi connectivity index (χ3v) is 3.13. The summed E-state index contributed by atoms with van der Waals surface area (Å²) < 4.78 is 5.84. The van der Waals surface area contributed by atoms with Gasteiger partial charge < -0.3 is 15.2 Å². The summed E-state index contributed by atoms with van der Waals surface area (Å²) in [7, 11) is 0. The zero-order valence-electron chi connectivity index (χ0n) is 12.0. The lowest BCUT2D eigenvalue weighted by Crippen LogP contribution is -2.27. The van der Waals surface area contributed by atoms with Crippen molar-refractivity contribution < 1.29 is 9.84 Å². The first-order valence-electron chi connectivity index (χ1n) is 6.64. The molecule has 0 aliphatic rings. The van der Waals surface area contributed by atoms with E-state index in [-0.39, 0.29) is 12.1 Å². The summed E-state index contributed by atoms with van der Waals surface area (Å²) in [4.78, 5) is 0. The fourth-order valence-electron chi connectivity index (χ4n) is 1.83. The van der Waals surface area contributed by atoms with Gasteiger partial charge in [-0.2, -0.15) is 0 Å². The number of hydrogen-bond donors (Lipinski definition) is 2. The highest BCUT2D eigenvalue weighted by atomic mass is 16.5. The molecular weight excluding hydrogens is 226 g/mol. The van der Waals surface area contributed by atoms with Crippen molar-refractivity contribution in [2.45, 2.75) is 52.9 Å². The fourth-order valence-corrected chi connectivity index (χ4v) is 1.83. The van der Waals surface area contributed by atoms with Gasteiger partial charge in [0.1, 0.15) is 11.9 Å². The van der Waals surface area contributed by atoms with E-state index in [1.165, 1.54) is 5.56 Å². The summed E-state index contributed by atoms with van der Waals surface area (Å²) in [5.74, 6) is 0.849. The van der Waals surface area contributed by atoms with Crippen LogP contribution in [-0.2, 0) is 0 Å². The van der Waals surface area contributed by atoms with Crippen LogP contribution in [-0.4, -0.2) is 23.9 Å². The summed E-state index contributed by atoms with van der Waals surface area (Å²) >= 11 is 0. The maximum absolute atomic E-state index is 9.53. The van der Waals surface area contributed by atoms with E-state index in [0.717, 1.165) is 17.9 Å². The molecule has 0 heterocycles. The molecule has 0 spiro atoms. The number of aliphatic hydroxyl groups excluding tert-OH is 1. The predicted octanol–water partition coefficient (Wildman–Crippen LogP) is 2.81. The minimum Gasteiger partial charge on any atom is -0.488 e. The van der Waals surface area contributed by atoms with Crippen molar-refractivity contribution in [2.75, 3.05) is 6.54 Å². The van der Waals surface area contributed by atoms with Gasteiger partial charge in [0.15, 0.2) is 0 Å². The van der Waals surface area contributed by atoms with Crippen LogP contribution in [0.1, 0.15) is 44.9 Å². The quantitative estimate of drug-likeness (QED) is 0.817. The first kappa shape index (κ1) is 15.0. The van der Waals surface area contributed by atoms with Crippen LogP contribution in [0, 0.1) is 6.92 Å². The molecule has 3 heteroatoms. The van der Waals surface area contributed by atoms with Crippen LogP contribution >= 0.6 is 0 Å².